The Kier molecular flexibility index (Phi) is 8.08. The highest BCUT2D eigenvalue weighted by Crippen LogP contribution is 2.29. The van der Waals surface area contributed by atoms with Gasteiger partial charge in [-0.15, -0.1) is 0 Å². The second kappa shape index (κ2) is 11.2. The molecule has 1 aromatic carbocycles. The Morgan fingerprint density at radius 3 is 2.62 bits per heavy atom. The van der Waals surface area contributed by atoms with Gasteiger partial charge in [-0.1, -0.05) is 25.5 Å². The van der Waals surface area contributed by atoms with E-state index in [0.717, 1.165) is 46.6 Å². The quantitative estimate of drug-likeness (QED) is 0.363. The molecule has 32 heavy (non-hydrogen) atoms. The summed E-state index contributed by atoms with van der Waals surface area (Å²) in [5, 5.41) is 3.35. The Morgan fingerprint density at radius 2 is 1.97 bits per heavy atom. The second-order valence-corrected chi connectivity index (χ2v) is 7.52. The molecule has 0 spiro atoms. The third kappa shape index (κ3) is 6.00. The van der Waals surface area contributed by atoms with Crippen molar-refractivity contribution in [3.63, 3.8) is 0 Å². The number of benzene rings is 1. The lowest BCUT2D eigenvalue weighted by atomic mass is 10.00. The van der Waals surface area contributed by atoms with Gasteiger partial charge in [0.15, 0.2) is 0 Å². The van der Waals surface area contributed by atoms with E-state index in [0.29, 0.717) is 18.0 Å². The largest absolute Gasteiger partial charge is 0.496 e. The SMILES string of the molecule is CCC/C=C/NC(=NCc1ccc(C)nc1)c1cc(-c2ccc(F)cn2)cc(OC)c1C. The number of nitrogens with zero attached hydrogens (tertiary/aromatic N) is 3. The number of allylic oxidation sites excluding steroid dienone is 1. The van der Waals surface area contributed by atoms with Crippen molar-refractivity contribution >= 4 is 5.84 Å². The number of hydrogen-bond acceptors (Lipinski definition) is 4. The molecular weight excluding hydrogens is 403 g/mol. The molecule has 0 atom stereocenters. The predicted molar refractivity (Wildman–Crippen MR) is 127 cm³/mol. The number of aromatic nitrogens is 2. The Morgan fingerprint density at radius 1 is 1.12 bits per heavy atom. The van der Waals surface area contributed by atoms with Crippen LogP contribution in [-0.2, 0) is 6.54 Å². The number of amidine groups is 1. The van der Waals surface area contributed by atoms with Gasteiger partial charge in [0, 0.05) is 28.6 Å². The van der Waals surface area contributed by atoms with Gasteiger partial charge in [-0.25, -0.2) is 4.39 Å². The Hall–Kier alpha value is -3.54. The van der Waals surface area contributed by atoms with Gasteiger partial charge < -0.3 is 10.1 Å². The van der Waals surface area contributed by atoms with Gasteiger partial charge in [-0.2, -0.15) is 0 Å². The zero-order valence-corrected chi connectivity index (χ0v) is 19.0. The molecule has 0 aliphatic carbocycles. The van der Waals surface area contributed by atoms with Crippen LogP contribution in [0.1, 0.15) is 42.1 Å². The number of nitrogens with one attached hydrogen (secondary N) is 1. The number of halogens is 1. The summed E-state index contributed by atoms with van der Waals surface area (Å²) in [5.74, 6) is 1.06. The fraction of sp³-hybridized carbons (Fsp3) is 0.269. The lowest BCUT2D eigenvalue weighted by Crippen LogP contribution is -2.21. The van der Waals surface area contributed by atoms with E-state index in [1.807, 2.05) is 50.5 Å². The van der Waals surface area contributed by atoms with Crippen LogP contribution in [0.3, 0.4) is 0 Å². The van der Waals surface area contributed by atoms with Crippen LogP contribution in [0.15, 0.2) is 66.1 Å². The number of aryl methyl sites for hydroxylation is 1. The fourth-order valence-electron chi connectivity index (χ4n) is 3.20. The first-order valence-electron chi connectivity index (χ1n) is 10.7. The predicted octanol–water partition coefficient (Wildman–Crippen LogP) is 5.76. The summed E-state index contributed by atoms with van der Waals surface area (Å²) in [6.07, 6.45) is 9.11. The molecule has 0 unspecified atom stereocenters. The second-order valence-electron chi connectivity index (χ2n) is 7.52. The lowest BCUT2D eigenvalue weighted by molar-refractivity contribution is 0.411. The molecule has 0 aliphatic heterocycles. The first-order valence-corrected chi connectivity index (χ1v) is 10.7. The molecule has 6 heteroatoms. The molecule has 3 rings (SSSR count). The van der Waals surface area contributed by atoms with Crippen LogP contribution in [0, 0.1) is 19.7 Å². The van der Waals surface area contributed by atoms with E-state index >= 15 is 0 Å². The summed E-state index contributed by atoms with van der Waals surface area (Å²) >= 11 is 0. The third-order valence-electron chi connectivity index (χ3n) is 5.04. The maximum atomic E-state index is 13.4. The molecule has 2 aromatic heterocycles. The standard InChI is InChI=1S/C26H29FN4O/c1-5-6-7-12-28-26(31-16-20-9-8-18(2)29-15-20)23-13-21(14-25(32-4)19(23)3)24-11-10-22(27)17-30-24/h7-15,17H,5-6,16H2,1-4H3,(H,28,31)/b12-7+. The molecule has 1 N–H and O–H groups in total. The molecule has 5 nitrogen and oxygen atoms in total. The zero-order valence-electron chi connectivity index (χ0n) is 19.0. The average molecular weight is 433 g/mol. The Labute approximate surface area is 189 Å². The van der Waals surface area contributed by atoms with Crippen molar-refractivity contribution in [1.29, 1.82) is 0 Å². The number of rotatable bonds is 8. The summed E-state index contributed by atoms with van der Waals surface area (Å²) in [5.41, 5.74) is 5.33. The monoisotopic (exact) mass is 432 g/mol. The van der Waals surface area contributed by atoms with Gasteiger partial charge in [-0.05, 0) is 62.4 Å². The number of methoxy groups -OCH3 is 1. The summed E-state index contributed by atoms with van der Waals surface area (Å²) in [6.45, 7) is 6.58. The first-order chi connectivity index (χ1) is 15.5. The first kappa shape index (κ1) is 23.1. The molecule has 3 aromatic rings. The maximum absolute atomic E-state index is 13.4. The summed E-state index contributed by atoms with van der Waals surface area (Å²) in [7, 11) is 1.64. The van der Waals surface area contributed by atoms with Crippen molar-refractivity contribution < 1.29 is 9.13 Å². The fourth-order valence-corrected chi connectivity index (χ4v) is 3.20. The minimum Gasteiger partial charge on any atom is -0.496 e. The molecule has 0 saturated carbocycles. The van der Waals surface area contributed by atoms with Crippen molar-refractivity contribution in [2.75, 3.05) is 7.11 Å². The van der Waals surface area contributed by atoms with Gasteiger partial charge >= 0.3 is 0 Å². The number of ether oxygens (including phenoxy) is 1. The maximum Gasteiger partial charge on any atom is 0.141 e. The van der Waals surface area contributed by atoms with E-state index < -0.39 is 0 Å². The minimum atomic E-state index is -0.371. The topological polar surface area (TPSA) is 59.4 Å². The summed E-state index contributed by atoms with van der Waals surface area (Å²) in [6, 6.07) is 11.0. The van der Waals surface area contributed by atoms with E-state index in [2.05, 4.69) is 28.3 Å². The van der Waals surface area contributed by atoms with Gasteiger partial charge in [0.2, 0.25) is 0 Å². The zero-order chi connectivity index (χ0) is 22.9. The highest BCUT2D eigenvalue weighted by atomic mass is 19.1. The number of unbranched alkanes of at least 4 members (excludes halogenated alkanes) is 1. The Balaban J connectivity index is 2.04. The molecule has 0 aliphatic rings. The lowest BCUT2D eigenvalue weighted by Gasteiger charge is -2.16. The van der Waals surface area contributed by atoms with E-state index in [1.54, 1.807) is 13.2 Å². The van der Waals surface area contributed by atoms with E-state index in [-0.39, 0.29) is 5.82 Å². The smallest absolute Gasteiger partial charge is 0.141 e. The van der Waals surface area contributed by atoms with Crippen molar-refractivity contribution in [2.45, 2.75) is 40.2 Å². The summed E-state index contributed by atoms with van der Waals surface area (Å²) in [4.78, 5) is 13.4. The number of pyridine rings is 2. The minimum absolute atomic E-state index is 0.371. The van der Waals surface area contributed by atoms with Crippen molar-refractivity contribution in [1.82, 2.24) is 15.3 Å². The molecule has 0 radical (unpaired) electrons. The molecule has 0 amide bonds. The van der Waals surface area contributed by atoms with Gasteiger partial charge in [0.1, 0.15) is 17.4 Å². The van der Waals surface area contributed by atoms with Crippen LogP contribution in [0.25, 0.3) is 11.3 Å². The molecule has 0 fully saturated rings. The highest BCUT2D eigenvalue weighted by molar-refractivity contribution is 6.02. The molecular formula is C26H29FN4O. The highest BCUT2D eigenvalue weighted by Gasteiger charge is 2.14. The van der Waals surface area contributed by atoms with Gasteiger partial charge in [0.25, 0.3) is 0 Å². The number of hydrogen-bond donors (Lipinski definition) is 1. The van der Waals surface area contributed by atoms with Crippen LogP contribution >= 0.6 is 0 Å². The normalized spacial score (nSPS) is 11.7. The average Bonchev–Trinajstić information content (AvgIpc) is 2.81. The van der Waals surface area contributed by atoms with Crippen LogP contribution in [0.4, 0.5) is 4.39 Å². The van der Waals surface area contributed by atoms with Crippen molar-refractivity contribution in [3.05, 3.63) is 89.3 Å². The van der Waals surface area contributed by atoms with Gasteiger partial charge in [0.05, 0.1) is 25.5 Å². The van der Waals surface area contributed by atoms with Crippen molar-refractivity contribution in [3.8, 4) is 17.0 Å². The van der Waals surface area contributed by atoms with Crippen LogP contribution in [-0.4, -0.2) is 22.9 Å². The van der Waals surface area contributed by atoms with E-state index in [4.69, 9.17) is 9.73 Å². The molecule has 166 valence electrons. The van der Waals surface area contributed by atoms with Crippen LogP contribution in [0.5, 0.6) is 5.75 Å². The van der Waals surface area contributed by atoms with Crippen LogP contribution < -0.4 is 10.1 Å². The molecule has 0 bridgehead atoms. The number of aliphatic imine (C=N–C) groups is 1. The van der Waals surface area contributed by atoms with E-state index in [1.165, 1.54) is 12.3 Å². The molecule has 2 heterocycles. The summed E-state index contributed by atoms with van der Waals surface area (Å²) < 4.78 is 19.0. The van der Waals surface area contributed by atoms with E-state index in [9.17, 15) is 4.39 Å². The molecule has 0 saturated heterocycles. The van der Waals surface area contributed by atoms with Crippen molar-refractivity contribution in [2.24, 2.45) is 4.99 Å². The van der Waals surface area contributed by atoms with Crippen LogP contribution in [0.2, 0.25) is 0 Å². The Bertz CT molecular complexity index is 1090. The third-order valence-corrected chi connectivity index (χ3v) is 5.04. The van der Waals surface area contributed by atoms with Gasteiger partial charge in [-0.3, -0.25) is 15.0 Å².